The summed E-state index contributed by atoms with van der Waals surface area (Å²) in [6.45, 7) is -0.184. The summed E-state index contributed by atoms with van der Waals surface area (Å²) in [7, 11) is 0. The molecule has 1 saturated carbocycles. The van der Waals surface area contributed by atoms with Crippen molar-refractivity contribution in [2.45, 2.75) is 70.6 Å². The maximum Gasteiger partial charge on any atom is 0.142 e. The number of hydrogen-bond acceptors (Lipinski definition) is 1. The van der Waals surface area contributed by atoms with Gasteiger partial charge >= 0.3 is 0 Å². The fourth-order valence-electron chi connectivity index (χ4n) is 6.61. The van der Waals surface area contributed by atoms with Gasteiger partial charge in [-0.15, -0.1) is 0 Å². The first-order chi connectivity index (χ1) is 18.5. The summed E-state index contributed by atoms with van der Waals surface area (Å²) in [5.74, 6) is 1.15. The van der Waals surface area contributed by atoms with Gasteiger partial charge in [0, 0.05) is 5.69 Å². The average Bonchev–Trinajstić information content (AvgIpc) is 3.27. The van der Waals surface area contributed by atoms with Gasteiger partial charge in [0.05, 0.1) is 11.7 Å². The Balaban J connectivity index is 1.41. The Hall–Kier alpha value is -2.65. The van der Waals surface area contributed by atoms with Gasteiger partial charge in [-0.25, -0.2) is 4.39 Å². The molecule has 1 nitrogen and oxygen atoms in total. The molecule has 2 aliphatic rings. The second-order valence-electron chi connectivity index (χ2n) is 11.2. The number of unbranched alkanes of at least 4 members (excludes halogenated alkanes) is 2. The summed E-state index contributed by atoms with van der Waals surface area (Å²) in [6.07, 6.45) is 11.8. The van der Waals surface area contributed by atoms with Crippen molar-refractivity contribution >= 4 is 28.4 Å². The Bertz CT molecular complexity index is 1280. The van der Waals surface area contributed by atoms with E-state index in [1.54, 1.807) is 6.07 Å². The van der Waals surface area contributed by atoms with E-state index in [1.807, 2.05) is 12.1 Å². The number of benzene rings is 3. The van der Waals surface area contributed by atoms with Crippen LogP contribution in [0.25, 0.3) is 11.1 Å². The lowest BCUT2D eigenvalue weighted by molar-refractivity contribution is 0.415. The second-order valence-corrected chi connectivity index (χ2v) is 11.6. The fraction of sp³-hybridized carbons (Fsp3) is 0.412. The van der Waals surface area contributed by atoms with Gasteiger partial charge in [0.1, 0.15) is 5.82 Å². The predicted molar refractivity (Wildman–Crippen MR) is 157 cm³/mol. The van der Waals surface area contributed by atoms with E-state index in [4.69, 9.17) is 17.3 Å². The third-order valence-electron chi connectivity index (χ3n) is 8.51. The van der Waals surface area contributed by atoms with Gasteiger partial charge in [-0.1, -0.05) is 79.7 Å². The van der Waals surface area contributed by atoms with Gasteiger partial charge in [-0.2, -0.15) is 0 Å². The monoisotopic (exact) mass is 533 g/mol. The van der Waals surface area contributed by atoms with Gasteiger partial charge in [-0.3, -0.25) is 4.39 Å². The van der Waals surface area contributed by atoms with Crippen molar-refractivity contribution in [3.63, 3.8) is 0 Å². The van der Waals surface area contributed by atoms with Crippen molar-refractivity contribution in [1.82, 2.24) is 0 Å². The molecule has 200 valence electrons. The second kappa shape index (κ2) is 12.5. The first-order valence-corrected chi connectivity index (χ1v) is 14.6. The van der Waals surface area contributed by atoms with Crippen molar-refractivity contribution in [3.05, 3.63) is 99.3 Å². The Morgan fingerprint density at radius 3 is 2.50 bits per heavy atom. The quantitative estimate of drug-likeness (QED) is 0.215. The molecule has 5 rings (SSSR count). The molecule has 0 spiro atoms. The van der Waals surface area contributed by atoms with E-state index in [0.717, 1.165) is 83.9 Å². The zero-order valence-corrected chi connectivity index (χ0v) is 22.9. The molecule has 2 N–H and O–H groups in total. The highest BCUT2D eigenvalue weighted by molar-refractivity contribution is 6.33. The van der Waals surface area contributed by atoms with E-state index in [-0.39, 0.29) is 17.5 Å². The molecule has 0 aliphatic heterocycles. The lowest BCUT2D eigenvalue weighted by atomic mass is 9.86. The van der Waals surface area contributed by atoms with E-state index in [9.17, 15) is 8.78 Å². The number of aryl methyl sites for hydroxylation is 1. The SMILES string of the molecule is Nc1ccc2c(c1)CCCC(c1cccc(F)c1Cl)=C2c1ccc(C[C@H]2CCC(CCCCCF)C2)cc1. The van der Waals surface area contributed by atoms with E-state index in [0.29, 0.717) is 6.42 Å². The van der Waals surface area contributed by atoms with Crippen LogP contribution in [-0.2, 0) is 12.8 Å². The number of hydrogen-bond donors (Lipinski definition) is 1. The summed E-state index contributed by atoms with van der Waals surface area (Å²) < 4.78 is 26.9. The molecule has 0 saturated heterocycles. The summed E-state index contributed by atoms with van der Waals surface area (Å²) >= 11 is 6.52. The van der Waals surface area contributed by atoms with Crippen LogP contribution in [0.1, 0.15) is 85.6 Å². The highest BCUT2D eigenvalue weighted by atomic mass is 35.5. The standard InChI is InChI=1S/C34H38ClF2N/c35-34-31(9-5-10-32(34)37)30-8-4-7-27-22-28(38)17-18-29(27)33(30)26-15-13-24(14-16-26)21-25-12-11-23(20-25)6-2-1-3-19-36/h5,9-10,13-18,22-23,25H,1-4,6-8,11-12,19-21,38H2/t23?,25-/m0/s1. The number of fused-ring (bicyclic) bond motifs is 1. The molecule has 2 atom stereocenters. The van der Waals surface area contributed by atoms with Gasteiger partial charge in [0.25, 0.3) is 0 Å². The van der Waals surface area contributed by atoms with Crippen LogP contribution < -0.4 is 5.73 Å². The third-order valence-corrected chi connectivity index (χ3v) is 8.90. The van der Waals surface area contributed by atoms with Crippen LogP contribution in [0.3, 0.4) is 0 Å². The van der Waals surface area contributed by atoms with Crippen molar-refractivity contribution in [2.24, 2.45) is 11.8 Å². The van der Waals surface area contributed by atoms with Crippen molar-refractivity contribution < 1.29 is 8.78 Å². The largest absolute Gasteiger partial charge is 0.399 e. The zero-order chi connectivity index (χ0) is 26.5. The fourth-order valence-corrected chi connectivity index (χ4v) is 6.85. The molecule has 38 heavy (non-hydrogen) atoms. The Kier molecular flexibility index (Phi) is 8.84. The normalized spacial score (nSPS) is 19.4. The highest BCUT2D eigenvalue weighted by Crippen LogP contribution is 2.43. The minimum Gasteiger partial charge on any atom is -0.399 e. The first-order valence-electron chi connectivity index (χ1n) is 14.2. The van der Waals surface area contributed by atoms with E-state index < -0.39 is 0 Å². The molecule has 1 unspecified atom stereocenters. The number of rotatable bonds is 9. The topological polar surface area (TPSA) is 26.0 Å². The minimum absolute atomic E-state index is 0.184. The number of nitrogen functional groups attached to an aromatic ring is 1. The van der Waals surface area contributed by atoms with Crippen LogP contribution in [0.15, 0.2) is 60.7 Å². The van der Waals surface area contributed by atoms with Crippen molar-refractivity contribution in [3.8, 4) is 0 Å². The zero-order valence-electron chi connectivity index (χ0n) is 22.1. The third kappa shape index (κ3) is 6.15. The molecule has 3 aromatic carbocycles. The molecule has 2 aliphatic carbocycles. The molecule has 0 radical (unpaired) electrons. The van der Waals surface area contributed by atoms with Crippen LogP contribution >= 0.6 is 11.6 Å². The van der Waals surface area contributed by atoms with E-state index in [1.165, 1.54) is 42.9 Å². The van der Waals surface area contributed by atoms with Crippen LogP contribution in [0, 0.1) is 17.7 Å². The van der Waals surface area contributed by atoms with Crippen LogP contribution in [0.4, 0.5) is 14.5 Å². The van der Waals surface area contributed by atoms with Gasteiger partial charge in [0.15, 0.2) is 0 Å². The van der Waals surface area contributed by atoms with Crippen LogP contribution in [-0.4, -0.2) is 6.67 Å². The average molecular weight is 534 g/mol. The lowest BCUT2D eigenvalue weighted by Crippen LogP contribution is -2.02. The molecule has 1 fully saturated rings. The van der Waals surface area contributed by atoms with Crippen molar-refractivity contribution in [1.29, 1.82) is 0 Å². The maximum absolute atomic E-state index is 14.5. The molecule has 0 heterocycles. The van der Waals surface area contributed by atoms with E-state index in [2.05, 4.69) is 36.4 Å². The Labute approximate surface area is 231 Å². The number of alkyl halides is 1. The number of nitrogens with two attached hydrogens (primary N) is 1. The lowest BCUT2D eigenvalue weighted by Gasteiger charge is -2.18. The van der Waals surface area contributed by atoms with Gasteiger partial charge in [0.2, 0.25) is 0 Å². The summed E-state index contributed by atoms with van der Waals surface area (Å²) in [6, 6.07) is 20.2. The smallest absolute Gasteiger partial charge is 0.142 e. The van der Waals surface area contributed by atoms with Gasteiger partial charge in [-0.05, 0) is 114 Å². The number of anilines is 1. The van der Waals surface area contributed by atoms with Gasteiger partial charge < -0.3 is 5.73 Å². The predicted octanol–water partition coefficient (Wildman–Crippen LogP) is 9.85. The minimum atomic E-state index is -0.384. The number of allylic oxidation sites excluding steroid dienone is 1. The molecule has 4 heteroatoms. The molecule has 0 amide bonds. The van der Waals surface area contributed by atoms with Crippen LogP contribution in [0.5, 0.6) is 0 Å². The Morgan fingerprint density at radius 2 is 1.68 bits per heavy atom. The maximum atomic E-state index is 14.5. The van der Waals surface area contributed by atoms with E-state index >= 15 is 0 Å². The molecule has 0 bridgehead atoms. The molecule has 3 aromatic rings. The summed E-state index contributed by atoms with van der Waals surface area (Å²) in [5, 5.41) is 0.191. The summed E-state index contributed by atoms with van der Waals surface area (Å²) in [4.78, 5) is 0. The highest BCUT2D eigenvalue weighted by Gasteiger charge is 2.25. The van der Waals surface area contributed by atoms with Crippen LogP contribution in [0.2, 0.25) is 5.02 Å². The summed E-state index contributed by atoms with van der Waals surface area (Å²) in [5.41, 5.74) is 14.8. The molecular formula is C34H38ClF2N. The number of halogens is 3. The van der Waals surface area contributed by atoms with Crippen molar-refractivity contribution in [2.75, 3.05) is 12.4 Å². The first kappa shape index (κ1) is 26.9. The molecular weight excluding hydrogens is 496 g/mol. The molecule has 0 aromatic heterocycles. The Morgan fingerprint density at radius 1 is 0.868 bits per heavy atom.